The number of carboxylic acids is 1. The molecule has 24 heavy (non-hydrogen) atoms. The second-order valence-electron chi connectivity index (χ2n) is 5.51. The molecule has 0 N–H and O–H groups in total. The molecule has 2 unspecified atom stereocenters. The Labute approximate surface area is 143 Å². The Hall–Kier alpha value is -2.15. The van der Waals surface area contributed by atoms with E-state index in [0.29, 0.717) is 6.54 Å². The first kappa shape index (κ1) is 21.9. The molecule has 2 atom stereocenters. The van der Waals surface area contributed by atoms with Gasteiger partial charge in [-0.2, -0.15) is 0 Å². The summed E-state index contributed by atoms with van der Waals surface area (Å²) in [6.45, 7) is 12.5. The van der Waals surface area contributed by atoms with Gasteiger partial charge < -0.3 is 19.4 Å². The van der Waals surface area contributed by atoms with Crippen molar-refractivity contribution < 1.29 is 33.4 Å². The molecule has 7 nitrogen and oxygen atoms in total. The lowest BCUT2D eigenvalue weighted by Crippen LogP contribution is -2.63. The van der Waals surface area contributed by atoms with Crippen LogP contribution in [0.4, 0.5) is 0 Å². The van der Waals surface area contributed by atoms with Gasteiger partial charge in [0.1, 0.15) is 0 Å². The molecule has 0 spiro atoms. The van der Waals surface area contributed by atoms with Gasteiger partial charge in [0.15, 0.2) is 0 Å². The number of hydrogen-bond donors (Lipinski definition) is 0. The molecule has 0 saturated heterocycles. The average Bonchev–Trinajstić information content (AvgIpc) is 2.54. The number of carbonyl (C=O) groups excluding carboxylic acids is 3. The van der Waals surface area contributed by atoms with Gasteiger partial charge in [0.05, 0.1) is 13.1 Å². The minimum absolute atomic E-state index is 0.0268. The minimum Gasteiger partial charge on any atom is -0.550 e. The molecule has 0 rings (SSSR count). The van der Waals surface area contributed by atoms with Crippen LogP contribution < -0.4 is 5.11 Å². The molecular weight excluding hydrogens is 314 g/mol. The molecular formula is C17H27NO6. The van der Waals surface area contributed by atoms with Crippen LogP contribution in [0.5, 0.6) is 0 Å². The maximum atomic E-state index is 11.6. The topological polar surface area (TPSA) is 92.7 Å². The van der Waals surface area contributed by atoms with Gasteiger partial charge in [0.25, 0.3) is 0 Å². The van der Waals surface area contributed by atoms with Crippen LogP contribution in [0.25, 0.3) is 0 Å². The molecule has 136 valence electrons. The zero-order valence-corrected chi connectivity index (χ0v) is 14.7. The predicted octanol–water partition coefficient (Wildman–Crippen LogP) is 0.894. The number of ether oxygens (including phenoxy) is 2. The molecule has 0 aliphatic heterocycles. The highest BCUT2D eigenvalue weighted by atomic mass is 16.6. The SMILES string of the molecule is C=CC(=O)OC(C)[N+](CCCC)(CCC(=O)[O-])C(C)OC(=O)C=C. The molecule has 7 heteroatoms. The first-order valence-electron chi connectivity index (χ1n) is 7.95. The van der Waals surface area contributed by atoms with Crippen LogP contribution in [0.15, 0.2) is 25.3 Å². The summed E-state index contributed by atoms with van der Waals surface area (Å²) in [6.07, 6.45) is 1.93. The fraction of sp³-hybridized carbons (Fsp3) is 0.588. The first-order chi connectivity index (χ1) is 11.2. The largest absolute Gasteiger partial charge is 0.550 e. The quantitative estimate of drug-likeness (QED) is 0.227. The molecule has 0 aromatic rings. The highest BCUT2D eigenvalue weighted by Crippen LogP contribution is 2.24. The molecule has 0 fully saturated rings. The third kappa shape index (κ3) is 6.54. The summed E-state index contributed by atoms with van der Waals surface area (Å²) in [5, 5.41) is 11.0. The third-order valence-corrected chi connectivity index (χ3v) is 4.02. The van der Waals surface area contributed by atoms with Gasteiger partial charge in [0.2, 0.25) is 12.5 Å². The van der Waals surface area contributed by atoms with Crippen LogP contribution in [0, 0.1) is 0 Å². The van der Waals surface area contributed by atoms with Crippen LogP contribution in [-0.4, -0.2) is 47.9 Å². The molecule has 0 aromatic heterocycles. The second kappa shape index (κ2) is 10.6. The van der Waals surface area contributed by atoms with Crippen molar-refractivity contribution in [1.82, 2.24) is 0 Å². The number of carboxylic acid groups (broad SMARTS) is 1. The molecule has 0 aromatic carbocycles. The lowest BCUT2D eigenvalue weighted by atomic mass is 10.2. The third-order valence-electron chi connectivity index (χ3n) is 4.02. The molecule has 0 radical (unpaired) electrons. The maximum absolute atomic E-state index is 11.6. The van der Waals surface area contributed by atoms with Crippen molar-refractivity contribution >= 4 is 17.9 Å². The Bertz CT molecular complexity index is 446. The van der Waals surface area contributed by atoms with Gasteiger partial charge in [0, 0.05) is 38.4 Å². The van der Waals surface area contributed by atoms with E-state index in [1.165, 1.54) is 0 Å². The number of esters is 2. The normalized spacial score (nSPS) is 15.5. The number of nitrogens with zero attached hydrogens (tertiary/aromatic N) is 1. The highest BCUT2D eigenvalue weighted by molar-refractivity contribution is 5.81. The van der Waals surface area contributed by atoms with E-state index in [9.17, 15) is 19.5 Å². The van der Waals surface area contributed by atoms with Crippen molar-refractivity contribution in [2.75, 3.05) is 13.1 Å². The van der Waals surface area contributed by atoms with Gasteiger partial charge in [-0.1, -0.05) is 26.5 Å². The lowest BCUT2D eigenvalue weighted by Gasteiger charge is -2.45. The summed E-state index contributed by atoms with van der Waals surface area (Å²) in [7, 11) is 0. The van der Waals surface area contributed by atoms with Gasteiger partial charge in [-0.3, -0.25) is 4.48 Å². The fourth-order valence-electron chi connectivity index (χ4n) is 2.53. The zero-order chi connectivity index (χ0) is 18.8. The van der Waals surface area contributed by atoms with Crippen molar-refractivity contribution in [3.05, 3.63) is 25.3 Å². The van der Waals surface area contributed by atoms with Crippen molar-refractivity contribution in [3.8, 4) is 0 Å². The molecule has 0 amide bonds. The number of rotatable bonds is 12. The standard InChI is InChI=1S/C17H27NO6/c1-6-9-11-18(12-10-15(19)20,13(4)23-16(21)7-2)14(5)24-17(22)8-3/h7-8,13-14H,2-3,6,9-12H2,1,4-5H3. The van der Waals surface area contributed by atoms with E-state index in [4.69, 9.17) is 9.47 Å². The Morgan fingerprint density at radius 3 is 1.83 bits per heavy atom. The smallest absolute Gasteiger partial charge is 0.334 e. The van der Waals surface area contributed by atoms with Crippen LogP contribution >= 0.6 is 0 Å². The average molecular weight is 341 g/mol. The monoisotopic (exact) mass is 341 g/mol. The molecule has 0 aliphatic carbocycles. The van der Waals surface area contributed by atoms with E-state index >= 15 is 0 Å². The molecule has 0 saturated carbocycles. The highest BCUT2D eigenvalue weighted by Gasteiger charge is 2.42. The van der Waals surface area contributed by atoms with Gasteiger partial charge in [-0.25, -0.2) is 9.59 Å². The van der Waals surface area contributed by atoms with Gasteiger partial charge >= 0.3 is 11.9 Å². The predicted molar refractivity (Wildman–Crippen MR) is 86.0 cm³/mol. The summed E-state index contributed by atoms with van der Waals surface area (Å²) in [5.41, 5.74) is 0. The maximum Gasteiger partial charge on any atom is 0.334 e. The van der Waals surface area contributed by atoms with Crippen molar-refractivity contribution in [2.24, 2.45) is 0 Å². The lowest BCUT2D eigenvalue weighted by molar-refractivity contribution is -1.00. The molecule has 0 bridgehead atoms. The van der Waals surface area contributed by atoms with Crippen LogP contribution in [0.1, 0.15) is 40.0 Å². The summed E-state index contributed by atoms with van der Waals surface area (Å²) in [5.74, 6) is -2.48. The Balaban J connectivity index is 5.65. The van der Waals surface area contributed by atoms with Crippen molar-refractivity contribution in [2.45, 2.75) is 52.5 Å². The fourth-order valence-corrected chi connectivity index (χ4v) is 2.53. The minimum atomic E-state index is -1.22. The van der Waals surface area contributed by atoms with E-state index in [2.05, 4.69) is 13.2 Å². The number of quaternary nitrogens is 1. The summed E-state index contributed by atoms with van der Waals surface area (Å²) in [6, 6.07) is 0. The molecule has 0 heterocycles. The first-order valence-corrected chi connectivity index (χ1v) is 7.95. The molecule has 0 aliphatic rings. The number of hydrogen-bond acceptors (Lipinski definition) is 6. The van der Waals surface area contributed by atoms with E-state index in [0.717, 1.165) is 25.0 Å². The van der Waals surface area contributed by atoms with E-state index in [1.54, 1.807) is 13.8 Å². The van der Waals surface area contributed by atoms with Gasteiger partial charge in [-0.05, 0) is 6.42 Å². The van der Waals surface area contributed by atoms with E-state index in [1.807, 2.05) is 6.92 Å². The number of carbonyl (C=O) groups is 3. The summed E-state index contributed by atoms with van der Waals surface area (Å²) >= 11 is 0. The van der Waals surface area contributed by atoms with Crippen LogP contribution in [0.2, 0.25) is 0 Å². The summed E-state index contributed by atoms with van der Waals surface area (Å²) in [4.78, 5) is 34.1. The van der Waals surface area contributed by atoms with E-state index < -0.39 is 30.4 Å². The van der Waals surface area contributed by atoms with Crippen LogP contribution in [0.3, 0.4) is 0 Å². The number of aliphatic carboxylic acids is 1. The van der Waals surface area contributed by atoms with E-state index in [-0.39, 0.29) is 17.4 Å². The Kier molecular flexibility index (Phi) is 9.64. The van der Waals surface area contributed by atoms with Gasteiger partial charge in [-0.15, -0.1) is 0 Å². The van der Waals surface area contributed by atoms with Crippen molar-refractivity contribution in [3.63, 3.8) is 0 Å². The Morgan fingerprint density at radius 2 is 1.50 bits per heavy atom. The zero-order valence-electron chi connectivity index (χ0n) is 14.7. The summed E-state index contributed by atoms with van der Waals surface area (Å²) < 4.78 is 10.6. The van der Waals surface area contributed by atoms with Crippen LogP contribution in [-0.2, 0) is 23.9 Å². The number of unbranched alkanes of at least 4 members (excludes halogenated alkanes) is 1. The Morgan fingerprint density at radius 1 is 1.04 bits per heavy atom. The second-order valence-corrected chi connectivity index (χ2v) is 5.51. The van der Waals surface area contributed by atoms with Crippen molar-refractivity contribution in [1.29, 1.82) is 0 Å².